The van der Waals surface area contributed by atoms with Gasteiger partial charge in [0.05, 0.1) is 12.2 Å². The van der Waals surface area contributed by atoms with E-state index >= 15 is 0 Å². The molecule has 2 aromatic carbocycles. The molecule has 4 aromatic rings. The second-order valence-electron chi connectivity index (χ2n) is 10.0. The number of hydrogen-bond donors (Lipinski definition) is 1. The fraction of sp³-hybridized carbons (Fsp3) is 0.438. The van der Waals surface area contributed by atoms with Crippen LogP contribution >= 0.6 is 0 Å². The van der Waals surface area contributed by atoms with Gasteiger partial charge in [-0.15, -0.1) is 0 Å². The van der Waals surface area contributed by atoms with Crippen LogP contribution in [0, 0.1) is 0 Å². The number of anilines is 3. The van der Waals surface area contributed by atoms with Crippen molar-refractivity contribution in [2.75, 3.05) is 29.9 Å². The molecule has 212 valence electrons. The van der Waals surface area contributed by atoms with E-state index < -0.39 is 0 Å². The second-order valence-corrected chi connectivity index (χ2v) is 10.0. The van der Waals surface area contributed by atoms with Gasteiger partial charge < -0.3 is 19.4 Å². The summed E-state index contributed by atoms with van der Waals surface area (Å²) in [7, 11) is 0. The molecule has 1 N–H and O–H groups in total. The Morgan fingerprint density at radius 1 is 0.825 bits per heavy atom. The van der Waals surface area contributed by atoms with Gasteiger partial charge in [-0.1, -0.05) is 83.2 Å². The number of nitrogens with one attached hydrogen (secondary N) is 1. The van der Waals surface area contributed by atoms with E-state index in [0.29, 0.717) is 41.3 Å². The number of nitrogens with zero attached hydrogens (tertiary/aromatic N) is 4. The zero-order valence-electron chi connectivity index (χ0n) is 24.0. The third kappa shape index (κ3) is 8.04. The topological polar surface area (TPSA) is 93.4 Å². The van der Waals surface area contributed by atoms with E-state index in [1.807, 2.05) is 48.5 Å². The molecule has 0 unspecified atom stereocenters. The van der Waals surface area contributed by atoms with Gasteiger partial charge in [-0.05, 0) is 43.0 Å². The fourth-order valence-corrected chi connectivity index (χ4v) is 4.45. The van der Waals surface area contributed by atoms with Crippen molar-refractivity contribution in [2.45, 2.75) is 72.1 Å². The van der Waals surface area contributed by atoms with Crippen molar-refractivity contribution in [3.05, 3.63) is 65.0 Å². The third-order valence-electron chi connectivity index (χ3n) is 6.76. The Balaban J connectivity index is 1.61. The van der Waals surface area contributed by atoms with Gasteiger partial charge in [0.15, 0.2) is 0 Å². The molecule has 2 aromatic heterocycles. The molecule has 0 amide bonds. The minimum atomic E-state index is -0.375. The van der Waals surface area contributed by atoms with Gasteiger partial charge in [-0.3, -0.25) is 0 Å². The van der Waals surface area contributed by atoms with Crippen LogP contribution in [0.15, 0.2) is 63.8 Å². The Hall–Kier alpha value is -3.94. The highest BCUT2D eigenvalue weighted by atomic mass is 16.5. The first-order valence-electron chi connectivity index (χ1n) is 14.7. The van der Waals surface area contributed by atoms with Crippen LogP contribution in [0.4, 0.5) is 17.6 Å². The van der Waals surface area contributed by atoms with Crippen LogP contribution in [0.5, 0.6) is 6.01 Å². The van der Waals surface area contributed by atoms with E-state index in [1.165, 1.54) is 12.8 Å². The second kappa shape index (κ2) is 15.0. The first kappa shape index (κ1) is 29.1. The number of rotatable bonds is 16. The van der Waals surface area contributed by atoms with Crippen LogP contribution in [-0.2, 0) is 0 Å². The average Bonchev–Trinajstić information content (AvgIpc) is 2.97. The van der Waals surface area contributed by atoms with E-state index in [2.05, 4.69) is 41.0 Å². The van der Waals surface area contributed by atoms with Gasteiger partial charge in [-0.2, -0.15) is 15.0 Å². The molecule has 0 saturated heterocycles. The van der Waals surface area contributed by atoms with Crippen molar-refractivity contribution >= 4 is 28.6 Å². The van der Waals surface area contributed by atoms with Crippen molar-refractivity contribution in [1.82, 2.24) is 15.0 Å². The molecule has 0 spiro atoms. The van der Waals surface area contributed by atoms with Gasteiger partial charge in [0.1, 0.15) is 5.58 Å². The zero-order valence-corrected chi connectivity index (χ0v) is 24.0. The van der Waals surface area contributed by atoms with Crippen molar-refractivity contribution in [3.8, 4) is 17.1 Å². The van der Waals surface area contributed by atoms with E-state index in [-0.39, 0.29) is 5.63 Å². The lowest BCUT2D eigenvalue weighted by Crippen LogP contribution is -2.28. The maximum Gasteiger partial charge on any atom is 0.344 e. The maximum absolute atomic E-state index is 12.8. The predicted molar refractivity (Wildman–Crippen MR) is 163 cm³/mol. The number of hydrogen-bond acceptors (Lipinski definition) is 8. The summed E-state index contributed by atoms with van der Waals surface area (Å²) in [6, 6.07) is 17.4. The average molecular weight is 544 g/mol. The largest absolute Gasteiger partial charge is 0.463 e. The van der Waals surface area contributed by atoms with Crippen molar-refractivity contribution in [1.29, 1.82) is 0 Å². The number of unbranched alkanes of at least 4 members (excludes halogenated alkanes) is 5. The number of benzene rings is 2. The molecule has 4 rings (SSSR count). The normalized spacial score (nSPS) is 11.1. The maximum atomic E-state index is 12.8. The standard InChI is InChI=1S/C32H41N5O3/c1-4-7-10-14-21-39-32-35-30(34-31(36-32)37(19-8-5-2)20-9-6-3)33-26-18-17-25-22-27(24-15-12-11-13-16-24)29(38)40-28(25)23-26/h11-13,15-18,22-23H,4-10,14,19-21H2,1-3H3,(H,33,34,35,36). The number of fused-ring (bicyclic) bond motifs is 1. The van der Waals surface area contributed by atoms with Gasteiger partial charge in [0, 0.05) is 30.2 Å². The van der Waals surface area contributed by atoms with Crippen molar-refractivity contribution in [2.24, 2.45) is 0 Å². The summed E-state index contributed by atoms with van der Waals surface area (Å²) >= 11 is 0. The van der Waals surface area contributed by atoms with Crippen LogP contribution in [0.3, 0.4) is 0 Å². The molecule has 0 aliphatic carbocycles. The molecule has 0 aliphatic rings. The van der Waals surface area contributed by atoms with Crippen LogP contribution in [0.25, 0.3) is 22.1 Å². The molecule has 0 atom stereocenters. The lowest BCUT2D eigenvalue weighted by Gasteiger charge is -2.23. The van der Waals surface area contributed by atoms with E-state index in [9.17, 15) is 4.79 Å². The van der Waals surface area contributed by atoms with Crippen LogP contribution in [-0.4, -0.2) is 34.6 Å². The monoisotopic (exact) mass is 543 g/mol. The molecular weight excluding hydrogens is 502 g/mol. The molecule has 0 radical (unpaired) electrons. The van der Waals surface area contributed by atoms with E-state index in [4.69, 9.17) is 14.1 Å². The molecule has 0 fully saturated rings. The highest BCUT2D eigenvalue weighted by molar-refractivity contribution is 5.84. The molecule has 0 bridgehead atoms. The van der Waals surface area contributed by atoms with Crippen molar-refractivity contribution in [3.63, 3.8) is 0 Å². The molecular formula is C32H41N5O3. The van der Waals surface area contributed by atoms with E-state index in [1.54, 1.807) is 6.07 Å². The quantitative estimate of drug-likeness (QED) is 0.113. The molecule has 2 heterocycles. The third-order valence-corrected chi connectivity index (χ3v) is 6.76. The smallest absolute Gasteiger partial charge is 0.344 e. The predicted octanol–water partition coefficient (Wildman–Crippen LogP) is 7.75. The first-order valence-corrected chi connectivity index (χ1v) is 14.7. The molecule has 8 nitrogen and oxygen atoms in total. The molecule has 8 heteroatoms. The van der Waals surface area contributed by atoms with Crippen LogP contribution in [0.1, 0.15) is 72.1 Å². The fourth-order valence-electron chi connectivity index (χ4n) is 4.45. The highest BCUT2D eigenvalue weighted by Crippen LogP contribution is 2.26. The number of ether oxygens (including phenoxy) is 1. The Kier molecular flexibility index (Phi) is 10.9. The Bertz CT molecular complexity index is 1400. The van der Waals surface area contributed by atoms with Gasteiger partial charge >= 0.3 is 11.6 Å². The van der Waals surface area contributed by atoms with Gasteiger partial charge in [0.25, 0.3) is 0 Å². The Morgan fingerprint density at radius 3 is 2.30 bits per heavy atom. The summed E-state index contributed by atoms with van der Waals surface area (Å²) in [5, 5.41) is 4.12. The van der Waals surface area contributed by atoms with Gasteiger partial charge in [0.2, 0.25) is 11.9 Å². The summed E-state index contributed by atoms with van der Waals surface area (Å²) in [4.78, 5) is 29.0. The first-order chi connectivity index (χ1) is 19.6. The lowest BCUT2D eigenvalue weighted by molar-refractivity contribution is 0.281. The summed E-state index contributed by atoms with van der Waals surface area (Å²) in [5.74, 6) is 1.01. The molecule has 40 heavy (non-hydrogen) atoms. The summed E-state index contributed by atoms with van der Waals surface area (Å²) in [5.41, 5.74) is 2.19. The minimum absolute atomic E-state index is 0.321. The van der Waals surface area contributed by atoms with Gasteiger partial charge in [-0.25, -0.2) is 4.79 Å². The summed E-state index contributed by atoms with van der Waals surface area (Å²) in [6.07, 6.45) is 8.73. The van der Waals surface area contributed by atoms with Crippen molar-refractivity contribution < 1.29 is 9.15 Å². The lowest BCUT2D eigenvalue weighted by atomic mass is 10.1. The summed E-state index contributed by atoms with van der Waals surface area (Å²) in [6.45, 7) is 8.88. The molecule has 0 saturated carbocycles. The highest BCUT2D eigenvalue weighted by Gasteiger charge is 2.15. The Labute approximate surface area is 236 Å². The van der Waals surface area contributed by atoms with Crippen LogP contribution < -0.4 is 20.6 Å². The zero-order chi connectivity index (χ0) is 28.2. The number of aromatic nitrogens is 3. The minimum Gasteiger partial charge on any atom is -0.463 e. The van der Waals surface area contributed by atoms with E-state index in [0.717, 1.165) is 62.6 Å². The molecule has 0 aliphatic heterocycles. The Morgan fingerprint density at radius 2 is 1.57 bits per heavy atom. The van der Waals surface area contributed by atoms with Crippen LogP contribution in [0.2, 0.25) is 0 Å². The SMILES string of the molecule is CCCCCCOc1nc(Nc2ccc3cc(-c4ccccc4)c(=O)oc3c2)nc(N(CCCC)CCCC)n1. The summed E-state index contributed by atoms with van der Waals surface area (Å²) < 4.78 is 11.7.